The van der Waals surface area contributed by atoms with Crippen LogP contribution in [0.4, 0.5) is 30.6 Å². The molecule has 2 aromatic heterocycles. The fraction of sp³-hybridized carbons (Fsp3) is 0.276. The van der Waals surface area contributed by atoms with Gasteiger partial charge in [-0.25, -0.2) is 9.98 Å². The number of carbonyl (C=O) groups excluding carboxylic acids is 1. The lowest BCUT2D eigenvalue weighted by Crippen LogP contribution is -2.37. The summed E-state index contributed by atoms with van der Waals surface area (Å²) < 4.78 is 52.0. The predicted molar refractivity (Wildman–Crippen MR) is 149 cm³/mol. The minimum Gasteiger partial charge on any atom is -0.402 e. The van der Waals surface area contributed by atoms with E-state index in [0.29, 0.717) is 37.3 Å². The fourth-order valence-electron chi connectivity index (χ4n) is 5.02. The van der Waals surface area contributed by atoms with Crippen molar-refractivity contribution in [3.63, 3.8) is 0 Å². The lowest BCUT2D eigenvalue weighted by Gasteiger charge is -2.33. The highest BCUT2D eigenvalue weighted by Gasteiger charge is 2.34. The molecular weight excluding hydrogens is 551 g/mol. The molecule has 1 atom stereocenters. The van der Waals surface area contributed by atoms with Gasteiger partial charge in [0.15, 0.2) is 5.69 Å². The van der Waals surface area contributed by atoms with Crippen molar-refractivity contribution in [2.75, 3.05) is 35.7 Å². The van der Waals surface area contributed by atoms with Crippen molar-refractivity contribution >= 4 is 29.0 Å². The van der Waals surface area contributed by atoms with Crippen LogP contribution in [0.25, 0.3) is 11.6 Å². The maximum absolute atomic E-state index is 13.6. The van der Waals surface area contributed by atoms with Gasteiger partial charge in [-0.1, -0.05) is 53.6 Å². The van der Waals surface area contributed by atoms with Crippen LogP contribution in [-0.4, -0.2) is 59.3 Å². The van der Waals surface area contributed by atoms with Gasteiger partial charge in [0.1, 0.15) is 0 Å². The first kappa shape index (κ1) is 27.4. The van der Waals surface area contributed by atoms with Crippen LogP contribution in [0.1, 0.15) is 29.5 Å². The molecule has 1 saturated heterocycles. The Morgan fingerprint density at radius 1 is 1.05 bits per heavy atom. The predicted octanol–water partition coefficient (Wildman–Crippen LogP) is 4.99. The number of rotatable bonds is 6. The molecule has 0 radical (unpaired) electrons. The summed E-state index contributed by atoms with van der Waals surface area (Å²) >= 11 is 0. The van der Waals surface area contributed by atoms with E-state index in [1.807, 2.05) is 48.5 Å². The Balaban J connectivity index is 1.32. The molecule has 0 aliphatic carbocycles. The van der Waals surface area contributed by atoms with Crippen molar-refractivity contribution in [1.82, 2.24) is 15.2 Å². The van der Waals surface area contributed by atoms with Crippen molar-refractivity contribution < 1.29 is 27.1 Å². The lowest BCUT2D eigenvalue weighted by atomic mass is 10.0. The number of amides is 1. The number of nitrogens with one attached hydrogen (secondary N) is 2. The number of ether oxygens (including phenoxy) is 1. The number of benzodiazepines with no additional fused rings is 1. The van der Waals surface area contributed by atoms with Crippen LogP contribution in [0.15, 0.2) is 76.3 Å². The average Bonchev–Trinajstić information content (AvgIpc) is 3.42. The number of alkyl halides is 3. The maximum Gasteiger partial charge on any atom is 0.417 e. The second kappa shape index (κ2) is 11.2. The van der Waals surface area contributed by atoms with Crippen molar-refractivity contribution in [2.24, 2.45) is 4.99 Å². The Labute approximate surface area is 238 Å². The van der Waals surface area contributed by atoms with Gasteiger partial charge in [0.2, 0.25) is 6.17 Å². The minimum atomic E-state index is -4.58. The van der Waals surface area contributed by atoms with E-state index in [1.54, 1.807) is 18.1 Å². The SMILES string of the molecule is COC1CCN(c2cc(C(F)(F)F)cnc2-c2nnc(NC3N=C(c4ccccc4)c4ccccc4NC3=O)o2)CC1. The van der Waals surface area contributed by atoms with Crippen molar-refractivity contribution in [1.29, 1.82) is 0 Å². The fourth-order valence-corrected chi connectivity index (χ4v) is 5.02. The number of para-hydroxylation sites is 1. The third-order valence-corrected chi connectivity index (χ3v) is 7.19. The largest absolute Gasteiger partial charge is 0.417 e. The third kappa shape index (κ3) is 5.55. The number of halogens is 3. The van der Waals surface area contributed by atoms with Gasteiger partial charge in [0.05, 0.1) is 28.8 Å². The average molecular weight is 578 g/mol. The highest BCUT2D eigenvalue weighted by Crippen LogP contribution is 2.37. The van der Waals surface area contributed by atoms with Crippen LogP contribution < -0.4 is 15.5 Å². The highest BCUT2D eigenvalue weighted by molar-refractivity contribution is 6.19. The zero-order valence-corrected chi connectivity index (χ0v) is 22.4. The van der Waals surface area contributed by atoms with Gasteiger partial charge in [-0.3, -0.25) is 4.79 Å². The number of nitrogens with zero attached hydrogens (tertiary/aromatic N) is 5. The number of anilines is 3. The molecule has 6 rings (SSSR count). The van der Waals surface area contributed by atoms with E-state index >= 15 is 0 Å². The number of aliphatic imine (C=N–C) groups is 1. The molecule has 0 bridgehead atoms. The van der Waals surface area contributed by atoms with Gasteiger partial charge >= 0.3 is 12.2 Å². The van der Waals surface area contributed by atoms with E-state index in [1.165, 1.54) is 0 Å². The number of pyridine rings is 1. The van der Waals surface area contributed by atoms with Crippen molar-refractivity contribution in [3.05, 3.63) is 83.6 Å². The van der Waals surface area contributed by atoms with Crippen LogP contribution in [-0.2, 0) is 15.7 Å². The van der Waals surface area contributed by atoms with Gasteiger partial charge in [-0.15, -0.1) is 5.10 Å². The van der Waals surface area contributed by atoms with E-state index < -0.39 is 23.8 Å². The lowest BCUT2D eigenvalue weighted by molar-refractivity contribution is -0.137. The molecule has 4 heterocycles. The normalized spacial score (nSPS) is 17.7. The van der Waals surface area contributed by atoms with Gasteiger partial charge < -0.3 is 24.7 Å². The first-order chi connectivity index (χ1) is 20.3. The van der Waals surface area contributed by atoms with Crippen LogP contribution in [0.2, 0.25) is 0 Å². The Kier molecular flexibility index (Phi) is 7.33. The zero-order chi connectivity index (χ0) is 29.3. The molecule has 0 spiro atoms. The molecule has 216 valence electrons. The molecule has 13 heteroatoms. The summed E-state index contributed by atoms with van der Waals surface area (Å²) in [6.07, 6.45) is -3.67. The summed E-state index contributed by atoms with van der Waals surface area (Å²) in [5.41, 5.74) is 2.15. The number of benzene rings is 2. The summed E-state index contributed by atoms with van der Waals surface area (Å²) in [6.45, 7) is 0.932. The number of fused-ring (bicyclic) bond motifs is 1. The maximum atomic E-state index is 13.6. The van der Waals surface area contributed by atoms with Crippen LogP contribution in [0.5, 0.6) is 0 Å². The molecule has 0 saturated carbocycles. The van der Waals surface area contributed by atoms with E-state index in [4.69, 9.17) is 14.1 Å². The zero-order valence-electron chi connectivity index (χ0n) is 22.4. The number of carbonyl (C=O) groups is 1. The summed E-state index contributed by atoms with van der Waals surface area (Å²) in [5.74, 6) is -0.554. The molecule has 10 nitrogen and oxygen atoms in total. The molecule has 2 N–H and O–H groups in total. The van der Waals surface area contributed by atoms with E-state index in [-0.39, 0.29) is 29.4 Å². The third-order valence-electron chi connectivity index (χ3n) is 7.19. The number of hydrogen-bond acceptors (Lipinski definition) is 9. The van der Waals surface area contributed by atoms with Crippen LogP contribution in [0, 0.1) is 0 Å². The summed E-state index contributed by atoms with van der Waals surface area (Å²) in [5, 5.41) is 13.8. The Morgan fingerprint density at radius 2 is 1.79 bits per heavy atom. The topological polar surface area (TPSA) is 118 Å². The Morgan fingerprint density at radius 3 is 2.52 bits per heavy atom. The number of aromatic nitrogens is 3. The number of piperidine rings is 1. The van der Waals surface area contributed by atoms with Gasteiger partial charge in [-0.05, 0) is 25.0 Å². The standard InChI is InChI=1S/C29H26F3N7O3/c1-41-19-11-13-39(14-12-19)22-15-18(29(30,31)32)16-33-24(22)27-37-38-28(42-27)36-25-26(40)34-21-10-6-5-9-20(21)23(35-25)17-7-3-2-4-8-17/h2-10,15-16,19,25H,11-14H2,1H3,(H,34,40)(H,36,38). The summed E-state index contributed by atoms with van der Waals surface area (Å²) in [4.78, 5) is 23.7. The van der Waals surface area contributed by atoms with Crippen LogP contribution >= 0.6 is 0 Å². The van der Waals surface area contributed by atoms with E-state index in [2.05, 4.69) is 25.8 Å². The highest BCUT2D eigenvalue weighted by atomic mass is 19.4. The second-order valence-corrected chi connectivity index (χ2v) is 9.85. The quantitative estimate of drug-likeness (QED) is 0.329. The Bertz CT molecular complexity index is 1620. The molecule has 2 aliphatic rings. The molecule has 1 amide bonds. The van der Waals surface area contributed by atoms with Gasteiger partial charge in [0, 0.05) is 37.5 Å². The minimum absolute atomic E-state index is 0.0286. The number of methoxy groups -OCH3 is 1. The smallest absolute Gasteiger partial charge is 0.402 e. The van der Waals surface area contributed by atoms with Crippen molar-refractivity contribution in [3.8, 4) is 11.6 Å². The first-order valence-corrected chi connectivity index (χ1v) is 13.3. The summed E-state index contributed by atoms with van der Waals surface area (Å²) in [7, 11) is 1.62. The van der Waals surface area contributed by atoms with Crippen molar-refractivity contribution in [2.45, 2.75) is 31.3 Å². The van der Waals surface area contributed by atoms with Gasteiger partial charge in [-0.2, -0.15) is 13.2 Å². The molecular formula is C29H26F3N7O3. The molecule has 2 aliphatic heterocycles. The summed E-state index contributed by atoms with van der Waals surface area (Å²) in [6, 6.07) is 17.6. The molecule has 4 aromatic rings. The second-order valence-electron chi connectivity index (χ2n) is 9.85. The van der Waals surface area contributed by atoms with Crippen LogP contribution in [0.3, 0.4) is 0 Å². The van der Waals surface area contributed by atoms with Gasteiger partial charge in [0.25, 0.3) is 11.8 Å². The Hall–Kier alpha value is -4.78. The number of hydrogen-bond donors (Lipinski definition) is 2. The molecule has 1 fully saturated rings. The van der Waals surface area contributed by atoms with E-state index in [0.717, 1.165) is 23.4 Å². The van der Waals surface area contributed by atoms with E-state index in [9.17, 15) is 18.0 Å². The molecule has 2 aromatic carbocycles. The first-order valence-electron chi connectivity index (χ1n) is 13.3. The molecule has 42 heavy (non-hydrogen) atoms. The molecule has 1 unspecified atom stereocenters. The monoisotopic (exact) mass is 577 g/mol.